The lowest BCUT2D eigenvalue weighted by Gasteiger charge is -2.25. The predicted molar refractivity (Wildman–Crippen MR) is 62.4 cm³/mol. The molecule has 0 aromatic carbocycles. The number of methoxy groups -OCH3 is 2. The Bertz CT molecular complexity index is 354. The molecule has 0 saturated heterocycles. The number of nitrogens with zero attached hydrogens (tertiary/aromatic N) is 2. The van der Waals surface area contributed by atoms with Gasteiger partial charge in [-0.2, -0.15) is 0 Å². The second-order valence-corrected chi connectivity index (χ2v) is 4.11. The van der Waals surface area contributed by atoms with E-state index in [-0.39, 0.29) is 0 Å². The van der Waals surface area contributed by atoms with Gasteiger partial charge < -0.3 is 9.47 Å². The van der Waals surface area contributed by atoms with E-state index in [4.69, 9.17) is 21.1 Å². The maximum absolute atomic E-state index is 5.94. The first kappa shape index (κ1) is 13.4. The molecule has 0 fully saturated rings. The Kier molecular flexibility index (Phi) is 4.65. The minimum absolute atomic E-state index is 0.411. The van der Waals surface area contributed by atoms with E-state index in [1.54, 1.807) is 20.3 Å². The first-order valence-corrected chi connectivity index (χ1v) is 5.51. The standard InChI is InChI=1S/C11H17ClN2O2/c1-5-11(2,16-4)10-13-8(7-15-3)6-9(12)14-10/h6H,5,7H2,1-4H3. The smallest absolute Gasteiger partial charge is 0.161 e. The third-order valence-electron chi connectivity index (χ3n) is 2.64. The van der Waals surface area contributed by atoms with Crippen molar-refractivity contribution in [1.82, 2.24) is 9.97 Å². The van der Waals surface area contributed by atoms with Crippen molar-refractivity contribution in [2.75, 3.05) is 14.2 Å². The average molecular weight is 245 g/mol. The molecule has 1 heterocycles. The summed E-state index contributed by atoms with van der Waals surface area (Å²) in [5.74, 6) is 0.594. The molecule has 0 aliphatic carbocycles. The molecule has 5 heteroatoms. The summed E-state index contributed by atoms with van der Waals surface area (Å²) in [4.78, 5) is 8.60. The largest absolute Gasteiger partial charge is 0.378 e. The van der Waals surface area contributed by atoms with Crippen molar-refractivity contribution in [2.45, 2.75) is 32.5 Å². The monoisotopic (exact) mass is 244 g/mol. The number of hydrogen-bond donors (Lipinski definition) is 0. The molecule has 0 N–H and O–H groups in total. The molecule has 0 aliphatic heterocycles. The van der Waals surface area contributed by atoms with Gasteiger partial charge in [0, 0.05) is 14.2 Å². The van der Waals surface area contributed by atoms with Gasteiger partial charge in [-0.25, -0.2) is 9.97 Å². The zero-order chi connectivity index (χ0) is 12.2. The van der Waals surface area contributed by atoms with E-state index in [0.29, 0.717) is 17.6 Å². The van der Waals surface area contributed by atoms with Crippen LogP contribution in [-0.2, 0) is 21.7 Å². The van der Waals surface area contributed by atoms with Gasteiger partial charge in [-0.1, -0.05) is 18.5 Å². The lowest BCUT2D eigenvalue weighted by molar-refractivity contribution is -0.00939. The summed E-state index contributed by atoms with van der Waals surface area (Å²) in [6.45, 7) is 4.37. The van der Waals surface area contributed by atoms with E-state index < -0.39 is 5.60 Å². The van der Waals surface area contributed by atoms with Gasteiger partial charge in [0.15, 0.2) is 5.82 Å². The van der Waals surface area contributed by atoms with Gasteiger partial charge in [-0.05, 0) is 19.4 Å². The number of halogens is 1. The molecule has 16 heavy (non-hydrogen) atoms. The first-order valence-electron chi connectivity index (χ1n) is 5.13. The quantitative estimate of drug-likeness (QED) is 0.747. The molecule has 1 aromatic heterocycles. The Labute approximate surface area is 101 Å². The Morgan fingerprint density at radius 2 is 2.06 bits per heavy atom. The Balaban J connectivity index is 3.12. The summed E-state index contributed by atoms with van der Waals surface area (Å²) in [6.07, 6.45) is 0.774. The van der Waals surface area contributed by atoms with Crippen LogP contribution in [-0.4, -0.2) is 24.2 Å². The van der Waals surface area contributed by atoms with Crippen molar-refractivity contribution < 1.29 is 9.47 Å². The molecule has 0 saturated carbocycles. The minimum atomic E-state index is -0.507. The summed E-state index contributed by atoms with van der Waals surface area (Å²) < 4.78 is 10.5. The molecule has 0 bridgehead atoms. The fourth-order valence-corrected chi connectivity index (χ4v) is 1.52. The molecule has 0 radical (unpaired) electrons. The van der Waals surface area contributed by atoms with Crippen LogP contribution in [0, 0.1) is 0 Å². The highest BCUT2D eigenvalue weighted by Crippen LogP contribution is 2.26. The van der Waals surface area contributed by atoms with Gasteiger partial charge in [-0.3, -0.25) is 0 Å². The highest BCUT2D eigenvalue weighted by molar-refractivity contribution is 6.29. The molecular formula is C11H17ClN2O2. The first-order chi connectivity index (χ1) is 7.55. The number of aromatic nitrogens is 2. The van der Waals surface area contributed by atoms with Crippen molar-refractivity contribution in [1.29, 1.82) is 0 Å². The van der Waals surface area contributed by atoms with Gasteiger partial charge >= 0.3 is 0 Å². The van der Waals surface area contributed by atoms with Gasteiger partial charge in [-0.15, -0.1) is 0 Å². The summed E-state index contributed by atoms with van der Waals surface area (Å²) in [6, 6.07) is 1.69. The molecule has 1 unspecified atom stereocenters. The van der Waals surface area contributed by atoms with Crippen LogP contribution >= 0.6 is 11.6 Å². The second kappa shape index (κ2) is 5.57. The molecule has 90 valence electrons. The molecule has 0 spiro atoms. The van der Waals surface area contributed by atoms with Gasteiger partial charge in [0.05, 0.1) is 12.3 Å². The van der Waals surface area contributed by atoms with E-state index in [9.17, 15) is 0 Å². The molecule has 0 amide bonds. The maximum Gasteiger partial charge on any atom is 0.161 e. The molecule has 1 aromatic rings. The average Bonchev–Trinajstić information content (AvgIpc) is 2.27. The van der Waals surface area contributed by atoms with Crippen LogP contribution in [0.1, 0.15) is 31.8 Å². The van der Waals surface area contributed by atoms with Crippen LogP contribution in [0.4, 0.5) is 0 Å². The predicted octanol–water partition coefficient (Wildman–Crippen LogP) is 2.55. The van der Waals surface area contributed by atoms with E-state index >= 15 is 0 Å². The lowest BCUT2D eigenvalue weighted by atomic mass is 10.0. The lowest BCUT2D eigenvalue weighted by Crippen LogP contribution is -2.26. The topological polar surface area (TPSA) is 44.2 Å². The molecular weight excluding hydrogens is 228 g/mol. The fourth-order valence-electron chi connectivity index (χ4n) is 1.32. The van der Waals surface area contributed by atoms with Crippen molar-refractivity contribution >= 4 is 11.6 Å². The third-order valence-corrected chi connectivity index (χ3v) is 2.83. The van der Waals surface area contributed by atoms with Crippen LogP contribution in [0.25, 0.3) is 0 Å². The highest BCUT2D eigenvalue weighted by Gasteiger charge is 2.28. The summed E-state index contributed by atoms with van der Waals surface area (Å²) in [7, 11) is 3.26. The van der Waals surface area contributed by atoms with Crippen LogP contribution < -0.4 is 0 Å². The van der Waals surface area contributed by atoms with Crippen molar-refractivity contribution in [3.8, 4) is 0 Å². The van der Waals surface area contributed by atoms with E-state index in [2.05, 4.69) is 9.97 Å². The number of hydrogen-bond acceptors (Lipinski definition) is 4. The fraction of sp³-hybridized carbons (Fsp3) is 0.636. The van der Waals surface area contributed by atoms with Crippen LogP contribution in [0.3, 0.4) is 0 Å². The van der Waals surface area contributed by atoms with Gasteiger partial charge in [0.2, 0.25) is 0 Å². The van der Waals surface area contributed by atoms with Crippen molar-refractivity contribution in [3.05, 3.63) is 22.7 Å². The minimum Gasteiger partial charge on any atom is -0.378 e. The van der Waals surface area contributed by atoms with Crippen molar-refractivity contribution in [3.63, 3.8) is 0 Å². The summed E-state index contributed by atoms with van der Waals surface area (Å²) >= 11 is 5.94. The molecule has 1 atom stereocenters. The second-order valence-electron chi connectivity index (χ2n) is 3.73. The molecule has 4 nitrogen and oxygen atoms in total. The Hall–Kier alpha value is -0.710. The van der Waals surface area contributed by atoms with E-state index in [1.807, 2.05) is 13.8 Å². The Morgan fingerprint density at radius 3 is 2.56 bits per heavy atom. The summed E-state index contributed by atoms with van der Waals surface area (Å²) in [5.41, 5.74) is 0.252. The highest BCUT2D eigenvalue weighted by atomic mass is 35.5. The maximum atomic E-state index is 5.94. The number of rotatable bonds is 5. The normalized spacial score (nSPS) is 14.8. The van der Waals surface area contributed by atoms with Crippen LogP contribution in [0.2, 0.25) is 5.15 Å². The summed E-state index contributed by atoms with van der Waals surface area (Å²) in [5, 5.41) is 0.411. The zero-order valence-electron chi connectivity index (χ0n) is 10.1. The SMILES string of the molecule is CCC(C)(OC)c1nc(Cl)cc(COC)n1. The van der Waals surface area contributed by atoms with Crippen molar-refractivity contribution in [2.24, 2.45) is 0 Å². The van der Waals surface area contributed by atoms with Crippen LogP contribution in [0.5, 0.6) is 0 Å². The molecule has 0 aliphatic rings. The van der Waals surface area contributed by atoms with E-state index in [0.717, 1.165) is 12.1 Å². The zero-order valence-corrected chi connectivity index (χ0v) is 10.8. The third kappa shape index (κ3) is 2.90. The molecule has 1 rings (SSSR count). The van der Waals surface area contributed by atoms with E-state index in [1.165, 1.54) is 0 Å². The Morgan fingerprint density at radius 1 is 1.38 bits per heavy atom. The van der Waals surface area contributed by atoms with Gasteiger partial charge in [0.25, 0.3) is 0 Å². The number of ether oxygens (including phenoxy) is 2. The van der Waals surface area contributed by atoms with Crippen LogP contribution in [0.15, 0.2) is 6.07 Å². The van der Waals surface area contributed by atoms with Gasteiger partial charge in [0.1, 0.15) is 10.8 Å².